The average Bonchev–Trinajstić information content (AvgIpc) is 3.02. The molecule has 2 rings (SSSR count). The fraction of sp³-hybridized carbons (Fsp3) is 0.333. The van der Waals surface area contributed by atoms with Gasteiger partial charge in [-0.25, -0.2) is 0 Å². The van der Waals surface area contributed by atoms with E-state index in [0.717, 1.165) is 12.5 Å². The topological polar surface area (TPSA) is 88.2 Å². The Labute approximate surface area is 129 Å². The monoisotopic (exact) mass is 300 g/mol. The van der Waals surface area contributed by atoms with E-state index in [2.05, 4.69) is 37.3 Å². The molecule has 2 aromatic heterocycles. The molecule has 0 atom stereocenters. The summed E-state index contributed by atoms with van der Waals surface area (Å²) in [5.41, 5.74) is 0.672. The van der Waals surface area contributed by atoms with Gasteiger partial charge < -0.3 is 15.2 Å². The third kappa shape index (κ3) is 4.69. The van der Waals surface area contributed by atoms with Crippen LogP contribution in [0.4, 0.5) is 0 Å². The van der Waals surface area contributed by atoms with E-state index in [1.165, 1.54) is 0 Å². The summed E-state index contributed by atoms with van der Waals surface area (Å²) >= 11 is 0. The predicted octanol–water partition coefficient (Wildman–Crippen LogP) is 1.42. The molecule has 0 radical (unpaired) electrons. The fourth-order valence-corrected chi connectivity index (χ4v) is 1.73. The highest BCUT2D eigenvalue weighted by atomic mass is 16.5. The van der Waals surface area contributed by atoms with Crippen molar-refractivity contribution in [3.8, 4) is 11.6 Å². The molecule has 0 aliphatic heterocycles. The van der Waals surface area contributed by atoms with Crippen molar-refractivity contribution in [1.29, 1.82) is 0 Å². The molecular formula is C15H20N6O. The minimum atomic E-state index is 0.427. The van der Waals surface area contributed by atoms with E-state index in [-0.39, 0.29) is 0 Å². The number of aromatic nitrogens is 3. The van der Waals surface area contributed by atoms with E-state index in [0.29, 0.717) is 36.9 Å². The third-order valence-corrected chi connectivity index (χ3v) is 2.72. The van der Waals surface area contributed by atoms with Crippen LogP contribution in [0.1, 0.15) is 12.7 Å². The highest BCUT2D eigenvalue weighted by Gasteiger charge is 2.09. The molecule has 0 aliphatic rings. The summed E-state index contributed by atoms with van der Waals surface area (Å²) in [5.74, 6) is 1.79. The number of rotatable bonds is 7. The van der Waals surface area contributed by atoms with Crippen molar-refractivity contribution < 1.29 is 4.52 Å². The Morgan fingerprint density at radius 1 is 1.41 bits per heavy atom. The fourth-order valence-electron chi connectivity index (χ4n) is 1.73. The van der Waals surface area contributed by atoms with Crippen LogP contribution < -0.4 is 10.6 Å². The van der Waals surface area contributed by atoms with Gasteiger partial charge in [0.1, 0.15) is 5.69 Å². The van der Waals surface area contributed by atoms with E-state index >= 15 is 0 Å². The first-order chi connectivity index (χ1) is 10.8. The molecule has 0 spiro atoms. The van der Waals surface area contributed by atoms with E-state index < -0.39 is 0 Å². The summed E-state index contributed by atoms with van der Waals surface area (Å²) < 4.78 is 5.20. The van der Waals surface area contributed by atoms with Crippen LogP contribution in [0.3, 0.4) is 0 Å². The van der Waals surface area contributed by atoms with E-state index in [4.69, 9.17) is 4.52 Å². The van der Waals surface area contributed by atoms with Crippen LogP contribution in [0.5, 0.6) is 0 Å². The number of pyridine rings is 1. The van der Waals surface area contributed by atoms with Gasteiger partial charge in [0, 0.05) is 32.3 Å². The quantitative estimate of drug-likeness (QED) is 0.457. The third-order valence-electron chi connectivity index (χ3n) is 2.72. The van der Waals surface area contributed by atoms with Gasteiger partial charge >= 0.3 is 0 Å². The standard InChI is InChI=1S/C15H20N6O/c1-3-9-18-15(16-4-2)19-11-8-13-20-14(22-21-13)12-7-5-6-10-17-12/h3,5-7,10H,1,4,8-9,11H2,2H3,(H2,16,18,19). The van der Waals surface area contributed by atoms with Gasteiger partial charge in [0.05, 0.1) is 0 Å². The zero-order valence-corrected chi connectivity index (χ0v) is 12.6. The van der Waals surface area contributed by atoms with Crippen molar-refractivity contribution in [2.45, 2.75) is 13.3 Å². The highest BCUT2D eigenvalue weighted by Crippen LogP contribution is 2.13. The summed E-state index contributed by atoms with van der Waals surface area (Å²) in [4.78, 5) is 12.9. The van der Waals surface area contributed by atoms with Crippen LogP contribution in [-0.2, 0) is 6.42 Å². The molecule has 0 bridgehead atoms. The van der Waals surface area contributed by atoms with Gasteiger partial charge in [0.25, 0.3) is 5.89 Å². The first-order valence-corrected chi connectivity index (χ1v) is 7.20. The van der Waals surface area contributed by atoms with Crippen molar-refractivity contribution in [2.24, 2.45) is 4.99 Å². The summed E-state index contributed by atoms with van der Waals surface area (Å²) in [6, 6.07) is 5.55. The van der Waals surface area contributed by atoms with Gasteiger partial charge in [0.15, 0.2) is 11.8 Å². The summed E-state index contributed by atoms with van der Waals surface area (Å²) in [6.45, 7) is 7.71. The smallest absolute Gasteiger partial charge is 0.276 e. The lowest BCUT2D eigenvalue weighted by atomic mass is 10.3. The van der Waals surface area contributed by atoms with Gasteiger partial charge in [-0.3, -0.25) is 9.98 Å². The Balaban J connectivity index is 1.91. The minimum absolute atomic E-state index is 0.427. The molecule has 0 saturated carbocycles. The second-order valence-corrected chi connectivity index (χ2v) is 4.41. The van der Waals surface area contributed by atoms with Gasteiger partial charge in [-0.1, -0.05) is 17.3 Å². The molecule has 2 heterocycles. The molecule has 0 saturated heterocycles. The van der Waals surface area contributed by atoms with Crippen LogP contribution in [0.25, 0.3) is 11.6 Å². The lowest BCUT2D eigenvalue weighted by Gasteiger charge is -2.08. The predicted molar refractivity (Wildman–Crippen MR) is 85.4 cm³/mol. The molecule has 0 unspecified atom stereocenters. The number of aliphatic imine (C=N–C) groups is 1. The molecule has 7 heteroatoms. The van der Waals surface area contributed by atoms with Gasteiger partial charge in [-0.15, -0.1) is 6.58 Å². The van der Waals surface area contributed by atoms with E-state index in [9.17, 15) is 0 Å². The van der Waals surface area contributed by atoms with Crippen molar-refractivity contribution in [2.75, 3.05) is 19.6 Å². The van der Waals surface area contributed by atoms with Crippen molar-refractivity contribution >= 4 is 5.96 Å². The first-order valence-electron chi connectivity index (χ1n) is 7.20. The Morgan fingerprint density at radius 3 is 3.05 bits per heavy atom. The number of hydrogen-bond acceptors (Lipinski definition) is 5. The average molecular weight is 300 g/mol. The zero-order valence-electron chi connectivity index (χ0n) is 12.6. The number of guanidine groups is 1. The Bertz CT molecular complexity index is 608. The zero-order chi connectivity index (χ0) is 15.6. The molecule has 0 fully saturated rings. The molecule has 7 nitrogen and oxygen atoms in total. The molecule has 2 aromatic rings. The lowest BCUT2D eigenvalue weighted by molar-refractivity contribution is 0.421. The molecule has 0 aliphatic carbocycles. The maximum Gasteiger partial charge on any atom is 0.276 e. The molecule has 116 valence electrons. The van der Waals surface area contributed by atoms with Crippen molar-refractivity contribution in [3.05, 3.63) is 42.9 Å². The van der Waals surface area contributed by atoms with Crippen LogP contribution in [0.2, 0.25) is 0 Å². The van der Waals surface area contributed by atoms with Crippen LogP contribution in [0, 0.1) is 0 Å². The van der Waals surface area contributed by atoms with Gasteiger partial charge in [-0.2, -0.15) is 4.98 Å². The molecule has 0 aromatic carbocycles. The SMILES string of the molecule is C=CCNC(=NCCc1noc(-c2ccccn2)n1)NCC. The Kier molecular flexibility index (Phi) is 6.10. The molecule has 2 N–H and O–H groups in total. The lowest BCUT2D eigenvalue weighted by Crippen LogP contribution is -2.37. The first kappa shape index (κ1) is 15.7. The number of nitrogens with zero attached hydrogens (tertiary/aromatic N) is 4. The largest absolute Gasteiger partial charge is 0.357 e. The molecule has 0 amide bonds. The van der Waals surface area contributed by atoms with Crippen LogP contribution in [-0.4, -0.2) is 40.7 Å². The summed E-state index contributed by atoms with van der Waals surface area (Å²) in [5, 5.41) is 10.2. The minimum Gasteiger partial charge on any atom is -0.357 e. The highest BCUT2D eigenvalue weighted by molar-refractivity contribution is 5.79. The Hall–Kier alpha value is -2.70. The summed E-state index contributed by atoms with van der Waals surface area (Å²) in [6.07, 6.45) is 4.07. The second kappa shape index (κ2) is 8.56. The molecular weight excluding hydrogens is 280 g/mol. The van der Waals surface area contributed by atoms with Crippen molar-refractivity contribution in [3.63, 3.8) is 0 Å². The van der Waals surface area contributed by atoms with Crippen LogP contribution >= 0.6 is 0 Å². The van der Waals surface area contributed by atoms with Crippen molar-refractivity contribution in [1.82, 2.24) is 25.8 Å². The maximum absolute atomic E-state index is 5.20. The second-order valence-electron chi connectivity index (χ2n) is 4.41. The molecule has 22 heavy (non-hydrogen) atoms. The normalized spacial score (nSPS) is 11.2. The maximum atomic E-state index is 5.20. The van der Waals surface area contributed by atoms with E-state index in [1.54, 1.807) is 12.3 Å². The van der Waals surface area contributed by atoms with Crippen LogP contribution in [0.15, 0.2) is 46.6 Å². The number of nitrogens with one attached hydrogen (secondary N) is 2. The van der Waals surface area contributed by atoms with Gasteiger partial charge in [0.2, 0.25) is 0 Å². The number of hydrogen-bond donors (Lipinski definition) is 2. The summed E-state index contributed by atoms with van der Waals surface area (Å²) in [7, 11) is 0. The van der Waals surface area contributed by atoms with E-state index in [1.807, 2.05) is 25.1 Å². The Morgan fingerprint density at radius 2 is 2.32 bits per heavy atom. The van der Waals surface area contributed by atoms with Gasteiger partial charge in [-0.05, 0) is 19.1 Å².